The zero-order valence-corrected chi connectivity index (χ0v) is 11.9. The van der Waals surface area contributed by atoms with Gasteiger partial charge in [-0.05, 0) is 24.5 Å². The molecule has 106 valence electrons. The van der Waals surface area contributed by atoms with Crippen molar-refractivity contribution in [2.45, 2.75) is 19.8 Å². The standard InChI is InChI=1S/C16H19NO3/c1-3-12(16(19)20-2)8-10-17-11-9-13-6-4-5-7-14(13)15(17)18/h4-8H,3,9-11H2,1-2H3. The molecule has 0 radical (unpaired) electrons. The Balaban J connectivity index is 2.11. The third-order valence-corrected chi connectivity index (χ3v) is 3.57. The van der Waals surface area contributed by atoms with Crippen molar-refractivity contribution in [2.75, 3.05) is 20.2 Å². The van der Waals surface area contributed by atoms with E-state index in [1.54, 1.807) is 11.0 Å². The first kappa shape index (κ1) is 14.3. The van der Waals surface area contributed by atoms with Gasteiger partial charge in [0.2, 0.25) is 0 Å². The van der Waals surface area contributed by atoms with Crippen LogP contribution in [0.3, 0.4) is 0 Å². The number of methoxy groups -OCH3 is 1. The summed E-state index contributed by atoms with van der Waals surface area (Å²) in [6.45, 7) is 3.03. The van der Waals surface area contributed by atoms with Gasteiger partial charge in [0.1, 0.15) is 0 Å². The van der Waals surface area contributed by atoms with E-state index in [0.29, 0.717) is 25.1 Å². The number of amides is 1. The summed E-state index contributed by atoms with van der Waals surface area (Å²) < 4.78 is 4.72. The Hall–Kier alpha value is -2.10. The van der Waals surface area contributed by atoms with Crippen LogP contribution in [0.1, 0.15) is 29.3 Å². The van der Waals surface area contributed by atoms with Gasteiger partial charge < -0.3 is 9.64 Å². The Morgan fingerprint density at radius 3 is 2.85 bits per heavy atom. The summed E-state index contributed by atoms with van der Waals surface area (Å²) in [4.78, 5) is 25.6. The van der Waals surface area contributed by atoms with E-state index in [-0.39, 0.29) is 11.9 Å². The molecule has 0 saturated heterocycles. The van der Waals surface area contributed by atoms with Crippen LogP contribution in [-0.2, 0) is 16.0 Å². The number of hydrogen-bond acceptors (Lipinski definition) is 3. The van der Waals surface area contributed by atoms with E-state index in [1.807, 2.05) is 31.2 Å². The maximum absolute atomic E-state index is 12.3. The lowest BCUT2D eigenvalue weighted by atomic mass is 9.99. The average molecular weight is 273 g/mol. The number of hydrogen-bond donors (Lipinski definition) is 0. The highest BCUT2D eigenvalue weighted by atomic mass is 16.5. The predicted molar refractivity (Wildman–Crippen MR) is 76.4 cm³/mol. The molecule has 0 atom stereocenters. The molecule has 0 aliphatic carbocycles. The van der Waals surface area contributed by atoms with Crippen LogP contribution in [0, 0.1) is 0 Å². The number of carbonyl (C=O) groups excluding carboxylic acids is 2. The molecule has 20 heavy (non-hydrogen) atoms. The van der Waals surface area contributed by atoms with Crippen LogP contribution >= 0.6 is 0 Å². The monoisotopic (exact) mass is 273 g/mol. The fourth-order valence-electron chi connectivity index (χ4n) is 2.37. The molecule has 0 spiro atoms. The van der Waals surface area contributed by atoms with E-state index in [9.17, 15) is 9.59 Å². The van der Waals surface area contributed by atoms with E-state index >= 15 is 0 Å². The number of ether oxygens (including phenoxy) is 1. The zero-order valence-electron chi connectivity index (χ0n) is 11.9. The van der Waals surface area contributed by atoms with Gasteiger partial charge in [-0.25, -0.2) is 4.79 Å². The van der Waals surface area contributed by atoms with Crippen molar-refractivity contribution < 1.29 is 14.3 Å². The van der Waals surface area contributed by atoms with Gasteiger partial charge in [-0.1, -0.05) is 31.2 Å². The van der Waals surface area contributed by atoms with E-state index < -0.39 is 0 Å². The Kier molecular flexibility index (Phi) is 4.56. The fraction of sp³-hybridized carbons (Fsp3) is 0.375. The van der Waals surface area contributed by atoms with Gasteiger partial charge in [0.05, 0.1) is 7.11 Å². The van der Waals surface area contributed by atoms with E-state index in [1.165, 1.54) is 7.11 Å². The van der Waals surface area contributed by atoms with Gasteiger partial charge in [0, 0.05) is 24.2 Å². The normalized spacial score (nSPS) is 15.0. The molecule has 1 amide bonds. The molecule has 4 nitrogen and oxygen atoms in total. The quantitative estimate of drug-likeness (QED) is 0.624. The predicted octanol–water partition coefficient (Wildman–Crippen LogP) is 2.19. The Morgan fingerprint density at radius 1 is 1.40 bits per heavy atom. The first-order valence-corrected chi connectivity index (χ1v) is 6.82. The number of fused-ring (bicyclic) bond motifs is 1. The van der Waals surface area contributed by atoms with Gasteiger partial charge in [-0.2, -0.15) is 0 Å². The molecular weight excluding hydrogens is 254 g/mol. The summed E-state index contributed by atoms with van der Waals surface area (Å²) in [7, 11) is 1.37. The van der Waals surface area contributed by atoms with Crippen LogP contribution in [0.15, 0.2) is 35.9 Å². The largest absolute Gasteiger partial charge is 0.466 e. The lowest BCUT2D eigenvalue weighted by Crippen LogP contribution is -2.37. The highest BCUT2D eigenvalue weighted by Crippen LogP contribution is 2.18. The van der Waals surface area contributed by atoms with Gasteiger partial charge in [-0.3, -0.25) is 4.79 Å². The first-order chi connectivity index (χ1) is 9.67. The van der Waals surface area contributed by atoms with Crippen LogP contribution in [0.4, 0.5) is 0 Å². The van der Waals surface area contributed by atoms with E-state index in [0.717, 1.165) is 17.5 Å². The molecule has 1 heterocycles. The lowest BCUT2D eigenvalue weighted by molar-refractivity contribution is -0.136. The molecule has 4 heteroatoms. The van der Waals surface area contributed by atoms with Crippen molar-refractivity contribution in [3.05, 3.63) is 47.0 Å². The third kappa shape index (κ3) is 2.90. The van der Waals surface area contributed by atoms with Gasteiger partial charge >= 0.3 is 5.97 Å². The number of esters is 1. The number of nitrogens with zero attached hydrogens (tertiary/aromatic N) is 1. The van der Waals surface area contributed by atoms with E-state index in [4.69, 9.17) is 4.74 Å². The molecule has 0 N–H and O–H groups in total. The minimum atomic E-state index is -0.322. The number of carbonyl (C=O) groups is 2. The minimum Gasteiger partial charge on any atom is -0.466 e. The molecule has 0 bridgehead atoms. The van der Waals surface area contributed by atoms with Crippen molar-refractivity contribution in [2.24, 2.45) is 0 Å². The Morgan fingerprint density at radius 2 is 2.15 bits per heavy atom. The van der Waals surface area contributed by atoms with Crippen molar-refractivity contribution in [1.82, 2.24) is 4.90 Å². The SMILES string of the molecule is CCC(=CCN1CCc2ccccc2C1=O)C(=O)OC. The summed E-state index contributed by atoms with van der Waals surface area (Å²) in [5, 5.41) is 0. The van der Waals surface area contributed by atoms with Crippen LogP contribution in [0.2, 0.25) is 0 Å². The van der Waals surface area contributed by atoms with Crippen LogP contribution in [-0.4, -0.2) is 37.0 Å². The maximum Gasteiger partial charge on any atom is 0.333 e. The summed E-state index contributed by atoms with van der Waals surface area (Å²) in [5.74, 6) is -0.291. The molecule has 1 aromatic rings. The molecule has 0 aromatic heterocycles. The summed E-state index contributed by atoms with van der Waals surface area (Å²) >= 11 is 0. The molecule has 0 saturated carbocycles. The second-order valence-electron chi connectivity index (χ2n) is 4.73. The van der Waals surface area contributed by atoms with Gasteiger partial charge in [0.25, 0.3) is 5.91 Å². The topological polar surface area (TPSA) is 46.6 Å². The number of benzene rings is 1. The maximum atomic E-state index is 12.3. The third-order valence-electron chi connectivity index (χ3n) is 3.57. The second kappa shape index (κ2) is 6.37. The van der Waals surface area contributed by atoms with Crippen molar-refractivity contribution in [1.29, 1.82) is 0 Å². The van der Waals surface area contributed by atoms with Crippen LogP contribution in [0.5, 0.6) is 0 Å². The molecule has 1 aliphatic heterocycles. The summed E-state index contributed by atoms with van der Waals surface area (Å²) in [6, 6.07) is 7.68. The van der Waals surface area contributed by atoms with Gasteiger partial charge in [-0.15, -0.1) is 0 Å². The van der Waals surface area contributed by atoms with Crippen LogP contribution in [0.25, 0.3) is 0 Å². The first-order valence-electron chi connectivity index (χ1n) is 6.82. The summed E-state index contributed by atoms with van der Waals surface area (Å²) in [5.41, 5.74) is 2.48. The number of rotatable bonds is 4. The van der Waals surface area contributed by atoms with Crippen molar-refractivity contribution in [3.63, 3.8) is 0 Å². The highest BCUT2D eigenvalue weighted by molar-refractivity contribution is 5.97. The molecule has 1 aromatic carbocycles. The smallest absolute Gasteiger partial charge is 0.333 e. The molecule has 1 aliphatic rings. The highest BCUT2D eigenvalue weighted by Gasteiger charge is 2.23. The fourth-order valence-corrected chi connectivity index (χ4v) is 2.37. The van der Waals surface area contributed by atoms with Gasteiger partial charge in [0.15, 0.2) is 0 Å². The molecular formula is C16H19NO3. The van der Waals surface area contributed by atoms with Crippen molar-refractivity contribution in [3.8, 4) is 0 Å². The molecule has 2 rings (SSSR count). The Bertz CT molecular complexity index is 548. The van der Waals surface area contributed by atoms with E-state index in [2.05, 4.69) is 0 Å². The zero-order chi connectivity index (χ0) is 14.5. The lowest BCUT2D eigenvalue weighted by Gasteiger charge is -2.27. The molecule has 0 fully saturated rings. The Labute approximate surface area is 119 Å². The summed E-state index contributed by atoms with van der Waals surface area (Å²) in [6.07, 6.45) is 3.25. The average Bonchev–Trinajstić information content (AvgIpc) is 2.49. The second-order valence-corrected chi connectivity index (χ2v) is 4.73. The van der Waals surface area contributed by atoms with Crippen molar-refractivity contribution >= 4 is 11.9 Å². The molecule has 0 unspecified atom stereocenters. The minimum absolute atomic E-state index is 0.0309. The van der Waals surface area contributed by atoms with Crippen LogP contribution < -0.4 is 0 Å².